The summed E-state index contributed by atoms with van der Waals surface area (Å²) < 4.78 is 27.2. The van der Waals surface area contributed by atoms with E-state index in [1.54, 1.807) is 18.6 Å². The molecular formula is C103H77AlBeN10O4+2. The molecule has 0 saturated heterocycles. The molecule has 0 unspecified atom stereocenters. The summed E-state index contributed by atoms with van der Waals surface area (Å²) in [6, 6.07) is 122. The van der Waals surface area contributed by atoms with E-state index in [1.807, 2.05) is 219 Å². The third-order valence-electron chi connectivity index (χ3n) is 20.2. The molecule has 14 aromatic carbocycles. The zero-order chi connectivity index (χ0) is 79.9. The summed E-state index contributed by atoms with van der Waals surface area (Å²) in [4.78, 5) is 20.1. The number of rotatable bonds is 13. The maximum absolute atomic E-state index is 6.41. The summed E-state index contributed by atoms with van der Waals surface area (Å²) in [6.45, 7) is 12.3. The zero-order valence-electron chi connectivity index (χ0n) is 65.4. The van der Waals surface area contributed by atoms with Crippen LogP contribution in [0.4, 0.5) is 0 Å². The van der Waals surface area contributed by atoms with Gasteiger partial charge in [0.1, 0.15) is 33.8 Å². The molecule has 0 aliphatic carbocycles. The first-order valence-corrected chi connectivity index (χ1v) is 40.2. The number of hydrogen-bond donors (Lipinski definition) is 0. The van der Waals surface area contributed by atoms with Crippen molar-refractivity contribution in [2.24, 2.45) is 0 Å². The van der Waals surface area contributed by atoms with Crippen molar-refractivity contribution in [3.8, 4) is 90.9 Å². The van der Waals surface area contributed by atoms with Gasteiger partial charge in [-0.05, 0) is 144 Å². The summed E-state index contributed by atoms with van der Waals surface area (Å²) >= 11 is -2.86. The fraction of sp³-hybridized carbons (Fsp3) is 0.0194. The fourth-order valence-electron chi connectivity index (χ4n) is 14.2. The average molecular weight is 1550 g/mol. The summed E-state index contributed by atoms with van der Waals surface area (Å²) in [5.74, 6) is 4.56. The van der Waals surface area contributed by atoms with Crippen molar-refractivity contribution in [3.05, 3.63) is 431 Å². The molecule has 7 aromatic heterocycles. The van der Waals surface area contributed by atoms with Crippen LogP contribution in [0, 0.1) is 27.7 Å². The molecule has 2 N–H and O–H groups in total. The third kappa shape index (κ3) is 17.9. The van der Waals surface area contributed by atoms with Gasteiger partial charge in [-0.3, -0.25) is 19.5 Å². The molecule has 0 bridgehead atoms. The molecule has 566 valence electrons. The fourth-order valence-corrected chi connectivity index (χ4v) is 15.5. The van der Waals surface area contributed by atoms with E-state index in [0.29, 0.717) is 29.0 Å². The van der Waals surface area contributed by atoms with E-state index in [0.717, 1.165) is 89.0 Å². The van der Waals surface area contributed by atoms with E-state index >= 15 is 0 Å². The van der Waals surface area contributed by atoms with Crippen molar-refractivity contribution < 1.29 is 25.8 Å². The Morgan fingerprint density at radius 1 is 0.294 bits per heavy atom. The van der Waals surface area contributed by atoms with Gasteiger partial charge >= 0.3 is 25.3 Å². The molecule has 119 heavy (non-hydrogen) atoms. The maximum atomic E-state index is 6.41. The van der Waals surface area contributed by atoms with E-state index in [9.17, 15) is 0 Å². The molecule has 0 radical (unpaired) electrons. The van der Waals surface area contributed by atoms with Crippen LogP contribution in [0.1, 0.15) is 22.3 Å². The SMILES string of the molecule is Cc1ccc(-c2nnc(-c3ccc(-c4ccccc4)cc3)n2-c2ccccc2)cc1.Cc1ccc(-c2nnc(-c3ccc(-c4ccccc4)cc3)o2)cc1.[Be+2].[CH2-]c1cccc2ccc3ccc[nH+]c3c12.[CH2-]c1cccc2ccc3ccc[nH+]c3c12.c1cnc2c([O][Al]([O]c3cccc4cccnc34)[O]c3cccc4cccnc34)cccc2c1. The minimum atomic E-state index is -2.86. The van der Waals surface area contributed by atoms with Crippen LogP contribution in [0.25, 0.3) is 150 Å². The van der Waals surface area contributed by atoms with Gasteiger partial charge < -0.3 is 15.8 Å². The van der Waals surface area contributed by atoms with Crippen LogP contribution in [0.15, 0.2) is 399 Å². The number of benzene rings is 14. The predicted octanol–water partition coefficient (Wildman–Crippen LogP) is 23.4. The number of pyridine rings is 5. The molecule has 0 aliphatic rings. The Balaban J connectivity index is 0.000000114. The first kappa shape index (κ1) is 77.7. The molecule has 0 atom stereocenters. The van der Waals surface area contributed by atoms with Crippen LogP contribution in [0.2, 0.25) is 0 Å². The molecular weight excluding hydrogens is 1480 g/mol. The summed E-state index contributed by atoms with van der Waals surface area (Å²) in [5, 5.41) is 27.8. The zero-order valence-corrected chi connectivity index (χ0v) is 66.6. The molecule has 0 fully saturated rings. The predicted molar refractivity (Wildman–Crippen MR) is 481 cm³/mol. The van der Waals surface area contributed by atoms with E-state index in [1.165, 1.54) is 71.2 Å². The molecule has 0 spiro atoms. The van der Waals surface area contributed by atoms with Gasteiger partial charge in [-0.25, -0.2) is 9.97 Å². The van der Waals surface area contributed by atoms with Crippen LogP contribution in [-0.4, -0.2) is 65.2 Å². The van der Waals surface area contributed by atoms with Crippen LogP contribution >= 0.6 is 0 Å². The quantitative estimate of drug-likeness (QED) is 0.0613. The Kier molecular flexibility index (Phi) is 23.8. The van der Waals surface area contributed by atoms with Crippen molar-refractivity contribution in [2.45, 2.75) is 13.8 Å². The van der Waals surface area contributed by atoms with E-state index in [4.69, 9.17) is 15.8 Å². The number of H-pyrrole nitrogens is 2. The van der Waals surface area contributed by atoms with Gasteiger partial charge in [0, 0.05) is 85.6 Å². The summed E-state index contributed by atoms with van der Waals surface area (Å²) in [5.41, 5.74) is 18.9. The number of aromatic nitrogens is 10. The number of fused-ring (bicyclic) bond motifs is 9. The van der Waals surface area contributed by atoms with Crippen molar-refractivity contribution in [1.82, 2.24) is 39.9 Å². The van der Waals surface area contributed by atoms with Crippen LogP contribution in [0.5, 0.6) is 17.2 Å². The van der Waals surface area contributed by atoms with Crippen molar-refractivity contribution in [1.29, 1.82) is 0 Å². The van der Waals surface area contributed by atoms with Crippen molar-refractivity contribution in [3.63, 3.8) is 0 Å². The van der Waals surface area contributed by atoms with Gasteiger partial charge in [-0.2, -0.15) is 37.1 Å². The Morgan fingerprint density at radius 2 is 0.613 bits per heavy atom. The van der Waals surface area contributed by atoms with Gasteiger partial charge in [-0.15, -0.1) is 32.5 Å². The monoisotopic (exact) mass is 1550 g/mol. The van der Waals surface area contributed by atoms with E-state index < -0.39 is 15.1 Å². The minimum Gasteiger partial charge on any atom is -0.576 e. The maximum Gasteiger partial charge on any atom is 2.00 e. The third-order valence-corrected chi connectivity index (χ3v) is 21.5. The van der Waals surface area contributed by atoms with Crippen molar-refractivity contribution >= 4 is 101 Å². The normalized spacial score (nSPS) is 10.8. The van der Waals surface area contributed by atoms with Gasteiger partial charge in [0.25, 0.3) is 0 Å². The molecule has 16 heteroatoms. The van der Waals surface area contributed by atoms with E-state index in [-0.39, 0.29) is 10.1 Å². The smallest absolute Gasteiger partial charge is 0.576 e. The van der Waals surface area contributed by atoms with Gasteiger partial charge in [0.2, 0.25) is 11.8 Å². The topological polar surface area (TPSA) is 164 Å². The Hall–Kier alpha value is -15.2. The Bertz CT molecular complexity index is 6700. The number of hydrogen-bond acceptors (Lipinski definition) is 11. The molecule has 0 aliphatic heterocycles. The van der Waals surface area contributed by atoms with Gasteiger partial charge in [0.05, 0.1) is 0 Å². The Morgan fingerprint density at radius 3 is 1.03 bits per heavy atom. The second kappa shape index (κ2) is 36.5. The summed E-state index contributed by atoms with van der Waals surface area (Å²) in [6.07, 6.45) is 9.15. The van der Waals surface area contributed by atoms with Crippen molar-refractivity contribution in [2.75, 3.05) is 0 Å². The first-order chi connectivity index (χ1) is 58.2. The Labute approximate surface area is 698 Å². The standard InChI is InChI=1S/C27H21N3.C21H16N2O.2C14H10N.3C9H7NO.Al.Be/c1-20-12-14-23(15-13-20)26-28-29-27(30(26)25-10-6-3-7-11-25)24-18-16-22(17-19-24)21-8-4-2-5-9-21;1-15-7-9-18(10-8-15)20-22-23-21(24-20)19-13-11-17(12-14-19)16-5-3-2-4-6-16;2*1-10-4-2-5-11-7-8-12-6-3-9-15-14(12)13(10)11;3*11-8-5-1-3-7-4-2-6-10-9(7)8;;/h2-19H,1H3;2-14H,1H3;2*2-9H,1H2;3*1-6,11H;;/q;;2*-1;;;;+3;+2/p-1. The molecule has 21 rings (SSSR count). The average Bonchev–Trinajstić information content (AvgIpc) is 1.78. The molecule has 0 amide bonds. The van der Waals surface area contributed by atoms with Crippen LogP contribution in [-0.2, 0) is 0 Å². The number of aryl methyl sites for hydroxylation is 2. The molecule has 14 nitrogen and oxygen atoms in total. The number of nitrogens with one attached hydrogen (secondary N) is 2. The summed E-state index contributed by atoms with van der Waals surface area (Å²) in [7, 11) is 0. The molecule has 0 saturated carbocycles. The largest absolute Gasteiger partial charge is 2.00 e. The van der Waals surface area contributed by atoms with Gasteiger partial charge in [-0.1, -0.05) is 252 Å². The second-order valence-electron chi connectivity index (χ2n) is 28.1. The van der Waals surface area contributed by atoms with Crippen LogP contribution < -0.4 is 21.3 Å². The van der Waals surface area contributed by atoms with E-state index in [2.05, 4.69) is 235 Å². The van der Waals surface area contributed by atoms with Gasteiger partial charge in [0.15, 0.2) is 35.1 Å². The number of para-hydroxylation sites is 4. The van der Waals surface area contributed by atoms with Crippen LogP contribution in [0.3, 0.4) is 0 Å². The molecule has 21 aromatic rings. The second-order valence-corrected chi connectivity index (χ2v) is 29.4. The first-order valence-electron chi connectivity index (χ1n) is 38.8. The number of aromatic amines is 2. The number of nitrogens with zero attached hydrogens (tertiary/aromatic N) is 8. The minimum absolute atomic E-state index is 0. The molecule has 7 heterocycles.